The molecule has 1 fully saturated rings. The van der Waals surface area contributed by atoms with Crippen molar-refractivity contribution >= 4 is 17.4 Å². The van der Waals surface area contributed by atoms with Crippen LogP contribution in [0.5, 0.6) is 5.75 Å². The predicted molar refractivity (Wildman–Crippen MR) is 115 cm³/mol. The number of carbonyl (C=O) groups excluding carboxylic acids is 1. The van der Waals surface area contributed by atoms with Gasteiger partial charge >= 0.3 is 0 Å². The van der Waals surface area contributed by atoms with Crippen LogP contribution in [-0.4, -0.2) is 72.7 Å². The highest BCUT2D eigenvalue weighted by Gasteiger charge is 2.27. The maximum atomic E-state index is 14.3. The van der Waals surface area contributed by atoms with Crippen molar-refractivity contribution in [3.63, 3.8) is 0 Å². The summed E-state index contributed by atoms with van der Waals surface area (Å²) in [5, 5.41) is 1.36. The number of halogens is 1. The number of piperazine rings is 1. The van der Waals surface area contributed by atoms with Crippen molar-refractivity contribution in [3.05, 3.63) is 47.2 Å². The summed E-state index contributed by atoms with van der Waals surface area (Å²) < 4.78 is 24.9. The minimum Gasteiger partial charge on any atom is -0.488 e. The summed E-state index contributed by atoms with van der Waals surface area (Å²) in [6.45, 7) is 5.94. The Labute approximate surface area is 185 Å². The third kappa shape index (κ3) is 4.71. The van der Waals surface area contributed by atoms with Gasteiger partial charge in [-0.05, 0) is 31.5 Å². The lowest BCUT2D eigenvalue weighted by Crippen LogP contribution is -2.50. The molecule has 2 aliphatic rings. The second-order valence-electron chi connectivity index (χ2n) is 7.78. The van der Waals surface area contributed by atoms with Gasteiger partial charge in [0.25, 0.3) is 5.91 Å². The van der Waals surface area contributed by atoms with E-state index in [1.165, 1.54) is 17.5 Å². The van der Waals surface area contributed by atoms with E-state index < -0.39 is 5.82 Å². The molecule has 0 N–H and O–H groups in total. The van der Waals surface area contributed by atoms with Crippen molar-refractivity contribution in [1.82, 2.24) is 15.0 Å². The molecule has 0 unspecified atom stereocenters. The molecule has 10 heteroatoms. The van der Waals surface area contributed by atoms with Crippen LogP contribution in [0.4, 0.5) is 10.2 Å². The number of methoxy groups -OCH3 is 1. The smallest absolute Gasteiger partial charge is 0.265 e. The Bertz CT molecular complexity index is 1030. The molecule has 4 rings (SSSR count). The van der Waals surface area contributed by atoms with Gasteiger partial charge in [0.1, 0.15) is 18.7 Å². The minimum absolute atomic E-state index is 0.143. The number of aliphatic imine (C=N–C) groups is 1. The van der Waals surface area contributed by atoms with E-state index in [-0.39, 0.29) is 24.3 Å². The molecule has 170 valence electrons. The van der Waals surface area contributed by atoms with Crippen LogP contribution in [0.2, 0.25) is 0 Å². The molecule has 32 heavy (non-hydrogen) atoms. The number of hydrogen-bond acceptors (Lipinski definition) is 8. The average Bonchev–Trinajstić information content (AvgIpc) is 3.17. The summed E-state index contributed by atoms with van der Waals surface area (Å²) in [5.74, 6) is 0.262. The number of benzene rings is 1. The molecule has 0 bridgehead atoms. The minimum atomic E-state index is -0.402. The Morgan fingerprint density at radius 3 is 2.75 bits per heavy atom. The number of aromatic nitrogens is 2. The second kappa shape index (κ2) is 9.58. The van der Waals surface area contributed by atoms with Crippen LogP contribution < -0.4 is 9.64 Å². The van der Waals surface area contributed by atoms with Gasteiger partial charge in [-0.3, -0.25) is 14.6 Å². The van der Waals surface area contributed by atoms with Gasteiger partial charge in [-0.2, -0.15) is 0 Å². The van der Waals surface area contributed by atoms with Gasteiger partial charge in [0.15, 0.2) is 11.6 Å². The lowest BCUT2D eigenvalue weighted by atomic mass is 10.0. The van der Waals surface area contributed by atoms with Crippen LogP contribution in [0.1, 0.15) is 30.7 Å². The van der Waals surface area contributed by atoms with Crippen LogP contribution in [0.15, 0.2) is 29.5 Å². The van der Waals surface area contributed by atoms with E-state index in [9.17, 15) is 9.18 Å². The van der Waals surface area contributed by atoms with Crippen LogP contribution in [0, 0.1) is 5.82 Å². The highest BCUT2D eigenvalue weighted by atomic mass is 19.1. The topological polar surface area (TPSA) is 89.4 Å². The summed E-state index contributed by atoms with van der Waals surface area (Å²) in [4.78, 5) is 33.0. The molecule has 0 spiro atoms. The maximum Gasteiger partial charge on any atom is 0.265 e. The summed E-state index contributed by atoms with van der Waals surface area (Å²) >= 11 is 0. The first kappa shape index (κ1) is 22.1. The van der Waals surface area contributed by atoms with E-state index in [4.69, 9.17) is 14.3 Å². The van der Waals surface area contributed by atoms with E-state index in [1.807, 2.05) is 18.7 Å². The number of amides is 1. The third-order valence-corrected chi connectivity index (χ3v) is 5.11. The highest BCUT2D eigenvalue weighted by molar-refractivity contribution is 6.14. The molecule has 2 aromatic rings. The zero-order valence-electron chi connectivity index (χ0n) is 18.4. The molecular formula is C22H26FN5O4. The highest BCUT2D eigenvalue weighted by Crippen LogP contribution is 2.30. The molecule has 0 aliphatic carbocycles. The van der Waals surface area contributed by atoms with Crippen molar-refractivity contribution in [2.45, 2.75) is 26.5 Å². The van der Waals surface area contributed by atoms with Gasteiger partial charge in [-0.15, -0.1) is 0 Å². The Hall–Kier alpha value is -3.11. The maximum absolute atomic E-state index is 14.3. The van der Waals surface area contributed by atoms with Gasteiger partial charge in [0, 0.05) is 25.3 Å². The standard InChI is InChI=1S/C22H26FN5O4/c1-14(2)32-19-9-16-15(8-17(19)23)11-24-22(16)18-10-20(26-13-25-18)27-4-5-28(21(29)12-27)31-7-6-30-3/h8-10,13-14H,4-7,11-12H2,1-3H3. The number of rotatable bonds is 8. The average molecular weight is 443 g/mol. The number of ether oxygens (including phenoxy) is 2. The van der Waals surface area contributed by atoms with Gasteiger partial charge in [-0.25, -0.2) is 19.4 Å². The quantitative estimate of drug-likeness (QED) is 0.577. The van der Waals surface area contributed by atoms with Gasteiger partial charge < -0.3 is 14.4 Å². The lowest BCUT2D eigenvalue weighted by Gasteiger charge is -2.33. The summed E-state index contributed by atoms with van der Waals surface area (Å²) in [5.41, 5.74) is 2.84. The van der Waals surface area contributed by atoms with E-state index in [0.717, 1.165) is 11.1 Å². The van der Waals surface area contributed by atoms with Crippen molar-refractivity contribution in [2.24, 2.45) is 4.99 Å². The molecule has 1 aromatic heterocycles. The molecule has 1 aromatic carbocycles. The monoisotopic (exact) mass is 443 g/mol. The van der Waals surface area contributed by atoms with Crippen LogP contribution in [0.3, 0.4) is 0 Å². The molecule has 2 aliphatic heterocycles. The summed E-state index contributed by atoms with van der Waals surface area (Å²) in [6, 6.07) is 4.94. The predicted octanol–water partition coefficient (Wildman–Crippen LogP) is 1.98. The molecule has 0 atom stereocenters. The number of carbonyl (C=O) groups is 1. The normalized spacial score (nSPS) is 15.9. The van der Waals surface area contributed by atoms with E-state index in [1.54, 1.807) is 19.2 Å². The first-order chi connectivity index (χ1) is 15.5. The van der Waals surface area contributed by atoms with Gasteiger partial charge in [-0.1, -0.05) is 0 Å². The Kier molecular flexibility index (Phi) is 6.61. The number of anilines is 1. The second-order valence-corrected chi connectivity index (χ2v) is 7.78. The number of hydroxylamine groups is 2. The molecule has 0 saturated carbocycles. The van der Waals surface area contributed by atoms with Crippen molar-refractivity contribution in [3.8, 4) is 5.75 Å². The summed E-state index contributed by atoms with van der Waals surface area (Å²) in [6.07, 6.45) is 1.30. The molecule has 1 amide bonds. The number of fused-ring (bicyclic) bond motifs is 1. The van der Waals surface area contributed by atoms with E-state index >= 15 is 0 Å². The molecule has 1 saturated heterocycles. The Morgan fingerprint density at radius 2 is 2.00 bits per heavy atom. The van der Waals surface area contributed by atoms with Crippen LogP contribution in [0.25, 0.3) is 0 Å². The van der Waals surface area contributed by atoms with Crippen LogP contribution in [-0.2, 0) is 20.9 Å². The number of hydrogen-bond donors (Lipinski definition) is 0. The molecular weight excluding hydrogens is 417 g/mol. The zero-order chi connectivity index (χ0) is 22.7. The molecule has 9 nitrogen and oxygen atoms in total. The summed E-state index contributed by atoms with van der Waals surface area (Å²) in [7, 11) is 1.58. The molecule has 0 radical (unpaired) electrons. The fourth-order valence-corrected chi connectivity index (χ4v) is 3.63. The number of nitrogens with zero attached hydrogens (tertiary/aromatic N) is 5. The lowest BCUT2D eigenvalue weighted by molar-refractivity contribution is -0.191. The van der Waals surface area contributed by atoms with Crippen molar-refractivity contribution < 1.29 is 23.5 Å². The Morgan fingerprint density at radius 1 is 1.16 bits per heavy atom. The SMILES string of the molecule is COCCON1CCN(c2cc(C3=NCc4cc(F)c(OC(C)C)cc43)ncn2)CC1=O. The van der Waals surface area contributed by atoms with E-state index in [0.29, 0.717) is 50.1 Å². The van der Waals surface area contributed by atoms with E-state index in [2.05, 4.69) is 15.0 Å². The van der Waals surface area contributed by atoms with Crippen LogP contribution >= 0.6 is 0 Å². The largest absolute Gasteiger partial charge is 0.488 e. The van der Waals surface area contributed by atoms with Gasteiger partial charge in [0.2, 0.25) is 0 Å². The fourth-order valence-electron chi connectivity index (χ4n) is 3.63. The van der Waals surface area contributed by atoms with Crippen molar-refractivity contribution in [2.75, 3.05) is 44.9 Å². The zero-order valence-corrected chi connectivity index (χ0v) is 18.4. The Balaban J connectivity index is 1.51. The first-order valence-corrected chi connectivity index (χ1v) is 10.5. The third-order valence-electron chi connectivity index (χ3n) is 5.11. The van der Waals surface area contributed by atoms with Gasteiger partial charge in [0.05, 0.1) is 43.8 Å². The van der Waals surface area contributed by atoms with Crippen molar-refractivity contribution in [1.29, 1.82) is 0 Å². The molecule has 3 heterocycles. The fraction of sp³-hybridized carbons (Fsp3) is 0.455. The first-order valence-electron chi connectivity index (χ1n) is 10.5.